The van der Waals surface area contributed by atoms with E-state index < -0.39 is 128 Å². The minimum absolute atomic E-state index is 0.0279. The lowest BCUT2D eigenvalue weighted by molar-refractivity contribution is -0.364. The number of carbonyl (C=O) groups excluding carboxylic acids is 4. The van der Waals surface area contributed by atoms with Gasteiger partial charge in [-0.25, -0.2) is 19.2 Å². The predicted molar refractivity (Wildman–Crippen MR) is 405 cm³/mol. The fraction of sp³-hybridized carbons (Fsp3) is 0.281. The van der Waals surface area contributed by atoms with E-state index in [1.165, 1.54) is 11.8 Å². The van der Waals surface area contributed by atoms with Crippen LogP contribution in [0.2, 0.25) is 0 Å². The number of hydrogen-bond acceptors (Lipinski definition) is 20. The zero-order valence-corrected chi connectivity index (χ0v) is 60.9. The van der Waals surface area contributed by atoms with Gasteiger partial charge in [0.15, 0.2) is 30.9 Å². The normalized spacial score (nSPS) is 23.9. The van der Waals surface area contributed by atoms with Crippen LogP contribution in [0.3, 0.4) is 0 Å². The predicted octanol–water partition coefficient (Wildman–Crippen LogP) is 14.6. The van der Waals surface area contributed by atoms with Gasteiger partial charge in [-0.05, 0) is 88.2 Å². The molecule has 109 heavy (non-hydrogen) atoms. The molecular weight excluding hydrogens is 1410 g/mol. The van der Waals surface area contributed by atoms with Crippen LogP contribution in [0.4, 0.5) is 0 Å². The maximum Gasteiger partial charge on any atom is 0.338 e. The van der Waals surface area contributed by atoms with Crippen LogP contribution < -0.4 is 0 Å². The lowest BCUT2D eigenvalue weighted by Gasteiger charge is -2.50. The quantitative estimate of drug-likeness (QED) is 0.0271. The van der Waals surface area contributed by atoms with Gasteiger partial charge in [0.2, 0.25) is 0 Å². The highest BCUT2D eigenvalue weighted by atomic mass is 32.2. The monoisotopic (exact) mass is 1490 g/mol. The molecule has 3 aliphatic rings. The third kappa shape index (κ3) is 21.5. The fourth-order valence-corrected chi connectivity index (χ4v) is 13.9. The van der Waals surface area contributed by atoms with Crippen molar-refractivity contribution in [3.05, 3.63) is 359 Å². The maximum absolute atomic E-state index is 14.9. The van der Waals surface area contributed by atoms with E-state index in [-0.39, 0.29) is 61.9 Å². The van der Waals surface area contributed by atoms with Crippen LogP contribution in [-0.2, 0) is 111 Å². The van der Waals surface area contributed by atoms with Gasteiger partial charge in [0.05, 0.1) is 75.1 Å². The first-order chi connectivity index (χ1) is 53.7. The van der Waals surface area contributed by atoms with Crippen molar-refractivity contribution in [2.75, 3.05) is 26.1 Å². The van der Waals surface area contributed by atoms with Gasteiger partial charge in [-0.3, -0.25) is 0 Å². The Hall–Kier alpha value is -10.0. The first-order valence-corrected chi connectivity index (χ1v) is 37.6. The minimum atomic E-state index is -1.77. The van der Waals surface area contributed by atoms with E-state index >= 15 is 0 Å². The lowest BCUT2D eigenvalue weighted by atomic mass is 9.96. The highest BCUT2D eigenvalue weighted by Crippen LogP contribution is 2.40. The molecule has 3 fully saturated rings. The molecule has 3 saturated heterocycles. The zero-order valence-electron chi connectivity index (χ0n) is 60.1. The molecule has 3 aliphatic heterocycles. The van der Waals surface area contributed by atoms with Gasteiger partial charge < -0.3 is 71.1 Å². The van der Waals surface area contributed by atoms with Gasteiger partial charge >= 0.3 is 23.9 Å². The molecule has 10 aromatic rings. The van der Waals surface area contributed by atoms with Crippen molar-refractivity contribution in [3.63, 3.8) is 0 Å². The number of benzene rings is 10. The molecule has 0 bridgehead atoms. The van der Waals surface area contributed by atoms with Crippen LogP contribution in [-0.4, -0.2) is 141 Å². The molecule has 0 spiro atoms. The molecule has 562 valence electrons. The van der Waals surface area contributed by atoms with E-state index in [2.05, 4.69) is 0 Å². The lowest BCUT2D eigenvalue weighted by Crippen LogP contribution is -2.66. The summed E-state index contributed by atoms with van der Waals surface area (Å²) in [5.41, 5.74) is 5.00. The summed E-state index contributed by atoms with van der Waals surface area (Å²) in [5.74, 6) is -3.40. The van der Waals surface area contributed by atoms with Crippen molar-refractivity contribution in [1.82, 2.24) is 0 Å². The van der Waals surface area contributed by atoms with E-state index in [1.54, 1.807) is 121 Å². The van der Waals surface area contributed by atoms with E-state index in [0.29, 0.717) is 6.61 Å². The molecule has 20 heteroatoms. The van der Waals surface area contributed by atoms with Crippen molar-refractivity contribution < 1.29 is 90.2 Å². The number of esters is 4. The number of ether oxygens (including phenoxy) is 15. The second-order valence-corrected chi connectivity index (χ2v) is 27.2. The molecule has 6 unspecified atom stereocenters. The van der Waals surface area contributed by atoms with E-state index in [0.717, 1.165) is 33.4 Å². The summed E-state index contributed by atoms with van der Waals surface area (Å²) < 4.78 is 105. The molecule has 0 N–H and O–H groups in total. The Balaban J connectivity index is 0.925. The standard InChI is InChI=1S/C89H86O19S/c1-109-89-82(78(98-56-65-40-20-6-21-41-65)74(95-53-62-34-14-3-15-35-62)71(104-89)58-94-52-61-32-12-2-13-33-61)108-88-80(99-57-66-42-22-7-23-43-66)77(97-55-64-38-18-5-19-39-64)75(96-54-63-36-16-4-17-37-63)72(103-88)60-101-87-81(107-86(93)70-50-30-11-31-51-70)79(106-85(92)69-48-28-10-29-49-69)76(105-84(91)68-46-26-9-27-47-68)73(102-87)59-100-83(90)67-44-24-8-25-45-67/h2-51,71-82,87-89H,52-60H2,1H3/t71?,72?,73?,74-,75-,76+,77+,78+,79+,80?,81?,82?,87-,88-,89-/m1/s1. The van der Waals surface area contributed by atoms with Gasteiger partial charge in [-0.1, -0.05) is 255 Å². The van der Waals surface area contributed by atoms with Crippen LogP contribution in [0, 0.1) is 0 Å². The number of carbonyl (C=O) groups is 4. The molecule has 0 saturated carbocycles. The first kappa shape index (κ1) is 77.2. The molecule has 19 nitrogen and oxygen atoms in total. The molecule has 0 amide bonds. The molecule has 0 aliphatic carbocycles. The molecular formula is C89H86O19S. The molecule has 13 rings (SSSR count). The van der Waals surface area contributed by atoms with Crippen LogP contribution in [0.1, 0.15) is 74.8 Å². The van der Waals surface area contributed by atoms with Gasteiger partial charge in [-0.2, -0.15) is 0 Å². The number of rotatable bonds is 34. The average Bonchev–Trinajstić information content (AvgIpc) is 0.771. The molecule has 15 atom stereocenters. The van der Waals surface area contributed by atoms with Crippen LogP contribution in [0.15, 0.2) is 303 Å². The Bertz CT molecular complexity index is 4360. The number of hydrogen-bond donors (Lipinski definition) is 0. The molecule has 3 heterocycles. The van der Waals surface area contributed by atoms with Gasteiger partial charge in [0, 0.05) is 0 Å². The smallest absolute Gasteiger partial charge is 0.338 e. The molecule has 0 aromatic heterocycles. The second-order valence-electron chi connectivity index (χ2n) is 26.3. The Morgan fingerprint density at radius 2 is 0.578 bits per heavy atom. The third-order valence-electron chi connectivity index (χ3n) is 18.7. The molecule has 0 radical (unpaired) electrons. The van der Waals surface area contributed by atoms with E-state index in [4.69, 9.17) is 71.1 Å². The second kappa shape index (κ2) is 39.9. The topological polar surface area (TPSA) is 207 Å². The first-order valence-electron chi connectivity index (χ1n) is 36.3. The van der Waals surface area contributed by atoms with Crippen molar-refractivity contribution in [1.29, 1.82) is 0 Å². The van der Waals surface area contributed by atoms with Crippen molar-refractivity contribution in [3.8, 4) is 0 Å². The third-order valence-corrected chi connectivity index (χ3v) is 19.5. The SMILES string of the molecule is CS[C@H]1OC(COCc2ccccc2)[C@@H](OCc2ccccc2)[C@H](OCc2ccccc2)C1O[C@H]1OC(CO[C@@H]2OC(COC(=O)c3ccccc3)[C@H](OC(=O)c3ccccc3)[C@H](OC(=O)c3ccccc3)C2OC(=O)c2ccccc2)[C@@H](OCc2ccccc2)[C@H](OCc2ccccc2)C1OCc1ccccc1. The van der Waals surface area contributed by atoms with Crippen LogP contribution >= 0.6 is 11.8 Å². The van der Waals surface area contributed by atoms with E-state index in [1.807, 2.05) is 188 Å². The summed E-state index contributed by atoms with van der Waals surface area (Å²) in [7, 11) is 0. The van der Waals surface area contributed by atoms with Gasteiger partial charge in [0.25, 0.3) is 0 Å². The minimum Gasteiger partial charge on any atom is -0.459 e. The Kier molecular flexibility index (Phi) is 28.2. The van der Waals surface area contributed by atoms with Crippen molar-refractivity contribution >= 4 is 35.6 Å². The summed E-state index contributed by atoms with van der Waals surface area (Å²) in [6, 6.07) is 91.3. The van der Waals surface area contributed by atoms with Crippen molar-refractivity contribution in [2.24, 2.45) is 0 Å². The average molecular weight is 1490 g/mol. The Morgan fingerprint density at radius 3 is 0.972 bits per heavy atom. The Labute approximate surface area is 638 Å². The largest absolute Gasteiger partial charge is 0.459 e. The van der Waals surface area contributed by atoms with E-state index in [9.17, 15) is 19.2 Å². The summed E-state index contributed by atoms with van der Waals surface area (Å²) in [6.07, 6.45) is -16.0. The molecule has 10 aromatic carbocycles. The van der Waals surface area contributed by atoms with Gasteiger partial charge in [-0.15, -0.1) is 11.8 Å². The Morgan fingerprint density at radius 1 is 0.275 bits per heavy atom. The van der Waals surface area contributed by atoms with Crippen LogP contribution in [0.5, 0.6) is 0 Å². The summed E-state index contributed by atoms with van der Waals surface area (Å²) in [5, 5.41) is 0. The maximum atomic E-state index is 14.9. The highest BCUT2D eigenvalue weighted by molar-refractivity contribution is 7.99. The highest BCUT2D eigenvalue weighted by Gasteiger charge is 2.57. The van der Waals surface area contributed by atoms with Crippen molar-refractivity contribution in [2.45, 2.75) is 131 Å². The summed E-state index contributed by atoms with van der Waals surface area (Å²) in [4.78, 5) is 58.4. The van der Waals surface area contributed by atoms with Gasteiger partial charge in [0.1, 0.15) is 67.0 Å². The fourth-order valence-electron chi connectivity index (χ4n) is 13.1. The summed E-state index contributed by atoms with van der Waals surface area (Å²) >= 11 is 1.42. The number of thioether (sulfide) groups is 1. The summed E-state index contributed by atoms with van der Waals surface area (Å²) in [6.45, 7) is -0.242. The van der Waals surface area contributed by atoms with Crippen LogP contribution in [0.25, 0.3) is 0 Å². The zero-order chi connectivity index (χ0) is 74.8.